The van der Waals surface area contributed by atoms with Crippen molar-refractivity contribution in [3.8, 4) is 22.3 Å². The summed E-state index contributed by atoms with van der Waals surface area (Å²) in [5.74, 6) is 3.17. The third-order valence-electron chi connectivity index (χ3n) is 17.0. The molecule has 0 bridgehead atoms. The van der Waals surface area contributed by atoms with E-state index in [2.05, 4.69) is 385 Å². The summed E-state index contributed by atoms with van der Waals surface area (Å²) in [6, 6.07) is 99.0. The predicted molar refractivity (Wildman–Crippen MR) is 389 cm³/mol. The molecule has 0 saturated heterocycles. The first-order valence-corrected chi connectivity index (χ1v) is 32.2. The highest BCUT2D eigenvalue weighted by Gasteiger charge is 2.34. The molecule has 11 aromatic rings. The van der Waals surface area contributed by atoms with Crippen LogP contribution in [0.3, 0.4) is 0 Å². The monoisotopic (exact) mass is 1160 g/mol. The normalized spacial score (nSPS) is 11.6. The molecule has 12 rings (SSSR count). The summed E-state index contributed by atoms with van der Waals surface area (Å²) in [6.45, 7) is 37.8. The van der Waals surface area contributed by atoms with E-state index in [0.717, 1.165) is 0 Å². The van der Waals surface area contributed by atoms with E-state index in [1.807, 2.05) is 12.1 Å². The minimum absolute atomic E-state index is 0.0858. The van der Waals surface area contributed by atoms with Crippen LogP contribution in [0, 0.1) is 20.8 Å². The Bertz CT molecular complexity index is 3650. The average Bonchev–Trinajstić information content (AvgIpc) is 2.73. The standard InChI is InChI=1S/C15H14.2C15H16.C13H14.C11H16.C10H14.C9H12/c1-15(2)13-9-5-3-7-11(13)12-8-4-6-10-14(12)15;1-15(2,13-9-5-3-6-10-13)14-11-7-4-8-12-14;1-12(2)13-8-10-15(11-9-13)14-6-4-3-5-7-14;1-10(2)12-9-5-7-11-6-3-4-8-13(11)12;1-8(2)11-6-5-9(3)10(4)7-11;1-8(2)10-6-4-9(3)5-7-10;1-8(2)9-6-4-3-5-7-9/h3-10H,1-2H3;2*3-12H,1-2H3;3-10H,1-2H3;5-8H,1-4H3;4-8H,1-3H3;3-8H,1-2H3. The van der Waals surface area contributed by atoms with Gasteiger partial charge in [0, 0.05) is 10.8 Å². The Kier molecular flexibility index (Phi) is 26.3. The molecule has 88 heavy (non-hydrogen) atoms. The molecule has 0 unspecified atom stereocenters. The van der Waals surface area contributed by atoms with Gasteiger partial charge in [-0.25, -0.2) is 0 Å². The molecule has 0 nitrogen and oxygen atoms in total. The molecule has 0 heteroatoms. The third kappa shape index (κ3) is 19.9. The maximum absolute atomic E-state index is 2.30. The van der Waals surface area contributed by atoms with E-state index < -0.39 is 0 Å². The van der Waals surface area contributed by atoms with Gasteiger partial charge in [0.2, 0.25) is 0 Å². The summed E-state index contributed by atoms with van der Waals surface area (Å²) >= 11 is 0. The molecule has 11 aromatic carbocycles. The Balaban J connectivity index is 0.000000165. The zero-order chi connectivity index (χ0) is 63.8. The summed E-state index contributed by atoms with van der Waals surface area (Å²) in [4.78, 5) is 0. The van der Waals surface area contributed by atoms with Crippen molar-refractivity contribution in [1.29, 1.82) is 0 Å². The number of hydrogen-bond acceptors (Lipinski definition) is 0. The molecule has 0 saturated carbocycles. The van der Waals surface area contributed by atoms with E-state index in [1.165, 1.54) is 99.8 Å². The van der Waals surface area contributed by atoms with Gasteiger partial charge in [0.15, 0.2) is 0 Å². The van der Waals surface area contributed by atoms with Crippen LogP contribution in [0.2, 0.25) is 0 Å². The lowest BCUT2D eigenvalue weighted by Gasteiger charge is -2.25. The molecule has 454 valence electrons. The second kappa shape index (κ2) is 33.7. The van der Waals surface area contributed by atoms with Crippen LogP contribution in [-0.2, 0) is 10.8 Å². The molecule has 0 fully saturated rings. The zero-order valence-corrected chi connectivity index (χ0v) is 56.4. The van der Waals surface area contributed by atoms with Crippen LogP contribution in [0.5, 0.6) is 0 Å². The SMILES string of the molecule is CC(C)(c1ccccc1)c1ccccc1.CC(C)c1ccc(-c2ccccc2)cc1.CC(C)c1cccc2ccccc12.CC(C)c1ccccc1.CC1(C)c2ccccc2-c2ccccc21.Cc1ccc(C(C)C)cc1.Cc1ccc(C(C)C)cc1C. The molecule has 0 aromatic heterocycles. The summed E-state index contributed by atoms with van der Waals surface area (Å²) in [7, 11) is 0. The minimum atomic E-state index is 0.0858. The minimum Gasteiger partial charge on any atom is -0.0622 e. The average molecular weight is 1160 g/mol. The van der Waals surface area contributed by atoms with Crippen molar-refractivity contribution < 1.29 is 0 Å². The summed E-state index contributed by atoms with van der Waals surface area (Å²) in [6.07, 6.45) is 0. The molecular weight excluding hydrogens is 1060 g/mol. The Labute approximate surface area is 533 Å². The van der Waals surface area contributed by atoms with E-state index in [4.69, 9.17) is 0 Å². The first kappa shape index (κ1) is 68.8. The highest BCUT2D eigenvalue weighted by atomic mass is 14.4. The highest BCUT2D eigenvalue weighted by Crippen LogP contribution is 2.48. The van der Waals surface area contributed by atoms with Crippen LogP contribution in [-0.4, -0.2) is 0 Å². The van der Waals surface area contributed by atoms with Gasteiger partial charge in [-0.2, -0.15) is 0 Å². The van der Waals surface area contributed by atoms with E-state index in [0.29, 0.717) is 29.6 Å². The number of rotatable bonds is 8. The second-order valence-electron chi connectivity index (χ2n) is 26.1. The number of fused-ring (bicyclic) bond motifs is 4. The van der Waals surface area contributed by atoms with Crippen LogP contribution in [0.1, 0.15) is 193 Å². The zero-order valence-electron chi connectivity index (χ0n) is 56.4. The van der Waals surface area contributed by atoms with Gasteiger partial charge in [-0.05, 0) is 145 Å². The van der Waals surface area contributed by atoms with Crippen molar-refractivity contribution in [2.75, 3.05) is 0 Å². The first-order chi connectivity index (χ1) is 42.1. The molecule has 0 atom stereocenters. The van der Waals surface area contributed by atoms with Crippen molar-refractivity contribution in [2.45, 2.75) is 158 Å². The van der Waals surface area contributed by atoms with Crippen molar-refractivity contribution >= 4 is 10.8 Å². The Hall–Kier alpha value is -8.32. The quantitative estimate of drug-likeness (QED) is 0.142. The smallest absolute Gasteiger partial charge is 0.0158 e. The molecule has 0 amide bonds. The van der Waals surface area contributed by atoms with Crippen LogP contribution < -0.4 is 0 Å². The van der Waals surface area contributed by atoms with E-state index in [9.17, 15) is 0 Å². The number of aryl methyl sites for hydroxylation is 3. The molecule has 1 aliphatic rings. The lowest BCUT2D eigenvalue weighted by Crippen LogP contribution is -2.18. The number of benzene rings is 11. The Morgan fingerprint density at radius 2 is 0.659 bits per heavy atom. The summed E-state index contributed by atoms with van der Waals surface area (Å²) in [5, 5.41) is 2.73. The highest BCUT2D eigenvalue weighted by molar-refractivity contribution is 5.86. The maximum Gasteiger partial charge on any atom is 0.0158 e. The van der Waals surface area contributed by atoms with Crippen molar-refractivity contribution in [2.24, 2.45) is 0 Å². The van der Waals surface area contributed by atoms with Gasteiger partial charge < -0.3 is 0 Å². The van der Waals surface area contributed by atoms with Crippen LogP contribution in [0.15, 0.2) is 279 Å². The van der Waals surface area contributed by atoms with E-state index >= 15 is 0 Å². The molecule has 0 spiro atoms. The molecule has 0 N–H and O–H groups in total. The van der Waals surface area contributed by atoms with Crippen molar-refractivity contribution in [1.82, 2.24) is 0 Å². The fourth-order valence-corrected chi connectivity index (χ4v) is 10.9. The molecular formula is C88H102. The van der Waals surface area contributed by atoms with Gasteiger partial charge in [0.05, 0.1) is 0 Å². The molecule has 0 heterocycles. The summed E-state index contributed by atoms with van der Waals surface area (Å²) < 4.78 is 0. The maximum atomic E-state index is 2.30. The van der Waals surface area contributed by atoms with Gasteiger partial charge in [-0.3, -0.25) is 0 Å². The number of hydrogen-bond donors (Lipinski definition) is 0. The third-order valence-corrected chi connectivity index (χ3v) is 17.0. The first-order valence-electron chi connectivity index (χ1n) is 32.2. The second-order valence-corrected chi connectivity index (χ2v) is 26.1. The predicted octanol–water partition coefficient (Wildman–Crippen LogP) is 25.8. The van der Waals surface area contributed by atoms with Crippen molar-refractivity contribution in [3.05, 3.63) is 346 Å². The molecule has 0 aliphatic heterocycles. The van der Waals surface area contributed by atoms with E-state index in [-0.39, 0.29) is 10.8 Å². The van der Waals surface area contributed by atoms with Gasteiger partial charge in [-0.15, -0.1) is 0 Å². The lowest BCUT2D eigenvalue weighted by atomic mass is 9.78. The Morgan fingerprint density at radius 3 is 1.10 bits per heavy atom. The topological polar surface area (TPSA) is 0 Å². The van der Waals surface area contributed by atoms with Gasteiger partial charge in [0.25, 0.3) is 0 Å². The lowest BCUT2D eigenvalue weighted by molar-refractivity contribution is 0.641. The fraction of sp³-hybridized carbons (Fsp3) is 0.273. The van der Waals surface area contributed by atoms with Crippen LogP contribution in [0.4, 0.5) is 0 Å². The van der Waals surface area contributed by atoms with Crippen LogP contribution in [0.25, 0.3) is 33.0 Å². The van der Waals surface area contributed by atoms with Gasteiger partial charge >= 0.3 is 0 Å². The molecule has 0 radical (unpaired) electrons. The van der Waals surface area contributed by atoms with Gasteiger partial charge in [-0.1, -0.05) is 382 Å². The molecule has 1 aliphatic carbocycles. The largest absolute Gasteiger partial charge is 0.0622 e. The van der Waals surface area contributed by atoms with E-state index in [1.54, 1.807) is 0 Å². The fourth-order valence-electron chi connectivity index (χ4n) is 10.9. The van der Waals surface area contributed by atoms with Gasteiger partial charge in [0.1, 0.15) is 0 Å². The van der Waals surface area contributed by atoms with Crippen molar-refractivity contribution in [3.63, 3.8) is 0 Å². The Morgan fingerprint density at radius 1 is 0.295 bits per heavy atom. The van der Waals surface area contributed by atoms with Crippen LogP contribution >= 0.6 is 0 Å². The summed E-state index contributed by atoms with van der Waals surface area (Å²) in [5.41, 5.74) is 22.5.